The van der Waals surface area contributed by atoms with Crippen LogP contribution in [0.1, 0.15) is 86.5 Å². The molecule has 4 aliphatic carbocycles. The molecule has 0 aromatic rings. The molecule has 46 heavy (non-hydrogen) atoms. The fourth-order valence-corrected chi connectivity index (χ4v) is 8.79. The van der Waals surface area contributed by atoms with Gasteiger partial charge >= 0.3 is 11.9 Å². The van der Waals surface area contributed by atoms with Gasteiger partial charge in [0.2, 0.25) is 0 Å². The zero-order valence-electron chi connectivity index (χ0n) is 27.9. The first kappa shape index (κ1) is 36.2. The standard InChI is InChI=1S/C36H52O10/c1-7-8-9-10-11-14-26(39)27(40)15-12-13-16-29(41)45-32-22(3)35(44)25(30-33(5,6)36(30,32)46-23(4)38)18-24(20-37)19-34(43)28(35)17-21(2)31(34)42/h12-13,15-18,22,25-28,30,32,37,39-40,43-44H,7-11,14,19-20H2,1-6H3/b15-12+,16-13+/t22-,25+,26-,27+,28-,30-,32-,34-,35-,36-/m1/s1. The Morgan fingerprint density at radius 2 is 1.76 bits per heavy atom. The molecule has 2 fully saturated rings. The number of Topliss-reactive ketones (excluding diaryl/α,β-unsaturated/α-hetero) is 1. The Balaban J connectivity index is 1.60. The SMILES string of the molecule is CCCCCCC[C@@H](O)[C@@H](O)/C=C/C=C/C(=O)O[C@@H]1[C@@H](C)[C@@]2(O)[C@@H](C=C(CO)C[C@]3(O)C(=O)C(C)=C[C@@H]23)[C@@H]2C(C)(C)[C@]12OC(C)=O. The fraction of sp³-hybridized carbons (Fsp3) is 0.694. The van der Waals surface area contributed by atoms with Crippen molar-refractivity contribution in [1.82, 2.24) is 0 Å². The molecule has 256 valence electrons. The third-order valence-corrected chi connectivity index (χ3v) is 11.2. The maximum Gasteiger partial charge on any atom is 0.331 e. The van der Waals surface area contributed by atoms with E-state index in [-0.39, 0.29) is 6.42 Å². The molecule has 0 spiro atoms. The molecule has 5 N–H and O–H groups in total. The first-order valence-electron chi connectivity index (χ1n) is 16.6. The Bertz CT molecular complexity index is 1310. The summed E-state index contributed by atoms with van der Waals surface area (Å²) in [6, 6.07) is 0. The van der Waals surface area contributed by atoms with Crippen LogP contribution in [0.4, 0.5) is 0 Å². The number of ether oxygens (including phenoxy) is 2. The van der Waals surface area contributed by atoms with Crippen molar-refractivity contribution in [3.8, 4) is 0 Å². The van der Waals surface area contributed by atoms with Crippen LogP contribution in [0.15, 0.2) is 47.6 Å². The number of allylic oxidation sites excluding steroid dienone is 2. The number of aliphatic hydroxyl groups is 5. The topological polar surface area (TPSA) is 171 Å². The summed E-state index contributed by atoms with van der Waals surface area (Å²) in [6.07, 6.45) is 10.9. The average molecular weight is 645 g/mol. The van der Waals surface area contributed by atoms with E-state index >= 15 is 0 Å². The summed E-state index contributed by atoms with van der Waals surface area (Å²) in [5.74, 6) is -5.23. The summed E-state index contributed by atoms with van der Waals surface area (Å²) in [7, 11) is 0. The molecule has 10 atom stereocenters. The second-order valence-electron chi connectivity index (χ2n) is 14.4. The van der Waals surface area contributed by atoms with Gasteiger partial charge in [-0.3, -0.25) is 9.59 Å². The van der Waals surface area contributed by atoms with Gasteiger partial charge in [0.05, 0.1) is 24.4 Å². The highest BCUT2D eigenvalue weighted by Gasteiger charge is 2.87. The van der Waals surface area contributed by atoms with Gasteiger partial charge in [-0.15, -0.1) is 0 Å². The summed E-state index contributed by atoms with van der Waals surface area (Å²) in [4.78, 5) is 39.0. The molecule has 0 aliphatic heterocycles. The number of hydrogen-bond acceptors (Lipinski definition) is 10. The van der Waals surface area contributed by atoms with Crippen molar-refractivity contribution in [3.63, 3.8) is 0 Å². The molecule has 0 aromatic heterocycles. The molecule has 4 rings (SSSR count). The van der Waals surface area contributed by atoms with Crippen LogP contribution in [-0.4, -0.2) is 85.0 Å². The summed E-state index contributed by atoms with van der Waals surface area (Å²) < 4.78 is 12.0. The Morgan fingerprint density at radius 1 is 1.09 bits per heavy atom. The Morgan fingerprint density at radius 3 is 2.39 bits per heavy atom. The lowest BCUT2D eigenvalue weighted by Crippen LogP contribution is -2.66. The number of aliphatic hydroxyl groups excluding tert-OH is 3. The van der Waals surface area contributed by atoms with Crippen molar-refractivity contribution in [2.45, 2.75) is 122 Å². The van der Waals surface area contributed by atoms with Crippen LogP contribution in [0.5, 0.6) is 0 Å². The molecule has 2 saturated carbocycles. The third kappa shape index (κ3) is 5.96. The summed E-state index contributed by atoms with van der Waals surface area (Å²) in [5.41, 5.74) is -5.25. The second kappa shape index (κ2) is 13.5. The van der Waals surface area contributed by atoms with Crippen LogP contribution in [-0.2, 0) is 23.9 Å². The van der Waals surface area contributed by atoms with Crippen LogP contribution in [0.2, 0.25) is 0 Å². The van der Waals surface area contributed by atoms with E-state index in [4.69, 9.17) is 9.47 Å². The molecular weight excluding hydrogens is 592 g/mol. The van der Waals surface area contributed by atoms with Crippen LogP contribution in [0.25, 0.3) is 0 Å². The van der Waals surface area contributed by atoms with E-state index in [0.29, 0.717) is 17.6 Å². The number of carbonyl (C=O) groups excluding carboxylic acids is 3. The highest BCUT2D eigenvalue weighted by atomic mass is 16.6. The van der Waals surface area contributed by atoms with Gasteiger partial charge in [-0.2, -0.15) is 0 Å². The average Bonchev–Trinajstić information content (AvgIpc) is 3.41. The van der Waals surface area contributed by atoms with E-state index in [1.54, 1.807) is 26.0 Å². The molecule has 0 saturated heterocycles. The molecule has 0 amide bonds. The minimum atomic E-state index is -2.00. The Kier molecular flexibility index (Phi) is 10.6. The number of esters is 2. The van der Waals surface area contributed by atoms with Crippen LogP contribution < -0.4 is 0 Å². The molecular formula is C36H52O10. The molecule has 10 nitrogen and oxygen atoms in total. The minimum Gasteiger partial charge on any atom is -0.455 e. The summed E-state index contributed by atoms with van der Waals surface area (Å²) in [6.45, 7) is 9.92. The number of unbranched alkanes of at least 4 members (excludes halogenated alkanes) is 4. The van der Waals surface area contributed by atoms with Gasteiger partial charge < -0.3 is 35.0 Å². The van der Waals surface area contributed by atoms with E-state index in [1.807, 2.05) is 13.8 Å². The first-order chi connectivity index (χ1) is 21.5. The van der Waals surface area contributed by atoms with E-state index in [1.165, 1.54) is 25.2 Å². The number of ketones is 1. The van der Waals surface area contributed by atoms with E-state index in [2.05, 4.69) is 6.92 Å². The highest BCUT2D eigenvalue weighted by molar-refractivity contribution is 6.04. The van der Waals surface area contributed by atoms with Gasteiger partial charge in [0.15, 0.2) is 11.4 Å². The zero-order chi connectivity index (χ0) is 34.2. The maximum atomic E-state index is 13.3. The monoisotopic (exact) mass is 644 g/mol. The molecule has 0 aromatic carbocycles. The Hall–Kier alpha value is -2.63. The lowest BCUT2D eigenvalue weighted by molar-refractivity contribution is -0.226. The quantitative estimate of drug-likeness (QED) is 0.0659. The van der Waals surface area contributed by atoms with Gasteiger partial charge in [0.25, 0.3) is 0 Å². The molecule has 4 aliphatic rings. The van der Waals surface area contributed by atoms with Gasteiger partial charge in [-0.05, 0) is 24.5 Å². The predicted octanol–water partition coefficient (Wildman–Crippen LogP) is 3.25. The third-order valence-electron chi connectivity index (χ3n) is 11.2. The van der Waals surface area contributed by atoms with Gasteiger partial charge in [0, 0.05) is 48.5 Å². The molecule has 0 bridgehead atoms. The van der Waals surface area contributed by atoms with Crippen molar-refractivity contribution in [2.75, 3.05) is 6.61 Å². The van der Waals surface area contributed by atoms with Crippen molar-refractivity contribution in [1.29, 1.82) is 0 Å². The van der Waals surface area contributed by atoms with Crippen LogP contribution >= 0.6 is 0 Å². The number of carbonyl (C=O) groups is 3. The second-order valence-corrected chi connectivity index (χ2v) is 14.4. The lowest BCUT2D eigenvalue weighted by Gasteiger charge is -2.53. The smallest absolute Gasteiger partial charge is 0.331 e. The first-order valence-corrected chi connectivity index (χ1v) is 16.6. The van der Waals surface area contributed by atoms with Crippen LogP contribution in [0, 0.1) is 29.1 Å². The summed E-state index contributed by atoms with van der Waals surface area (Å²) >= 11 is 0. The normalized spacial score (nSPS) is 37.5. The lowest BCUT2D eigenvalue weighted by atomic mass is 9.59. The van der Waals surface area contributed by atoms with Gasteiger partial charge in [-0.25, -0.2) is 4.79 Å². The number of rotatable bonds is 13. The minimum absolute atomic E-state index is 0.168. The summed E-state index contributed by atoms with van der Waals surface area (Å²) in [5, 5.41) is 55.3. The molecule has 0 radical (unpaired) electrons. The highest BCUT2D eigenvalue weighted by Crippen LogP contribution is 2.77. The van der Waals surface area contributed by atoms with Crippen molar-refractivity contribution < 1.29 is 49.4 Å². The van der Waals surface area contributed by atoms with Crippen molar-refractivity contribution in [2.24, 2.45) is 29.1 Å². The van der Waals surface area contributed by atoms with Crippen molar-refractivity contribution >= 4 is 17.7 Å². The van der Waals surface area contributed by atoms with E-state index in [9.17, 15) is 39.9 Å². The molecule has 0 unspecified atom stereocenters. The Labute approximate surface area is 271 Å². The van der Waals surface area contributed by atoms with E-state index < -0.39 is 88.5 Å². The predicted molar refractivity (Wildman–Crippen MR) is 170 cm³/mol. The maximum absolute atomic E-state index is 13.3. The fourth-order valence-electron chi connectivity index (χ4n) is 8.79. The van der Waals surface area contributed by atoms with Gasteiger partial charge in [0.1, 0.15) is 11.7 Å². The van der Waals surface area contributed by atoms with Gasteiger partial charge in [-0.1, -0.05) is 90.2 Å². The molecule has 10 heteroatoms. The molecule has 0 heterocycles. The largest absolute Gasteiger partial charge is 0.455 e. The van der Waals surface area contributed by atoms with Crippen LogP contribution in [0.3, 0.4) is 0 Å². The zero-order valence-corrected chi connectivity index (χ0v) is 27.9. The van der Waals surface area contributed by atoms with E-state index in [0.717, 1.165) is 38.2 Å². The van der Waals surface area contributed by atoms with Crippen molar-refractivity contribution in [3.05, 3.63) is 47.6 Å². The number of hydrogen-bond donors (Lipinski definition) is 5. The number of fused-ring (bicyclic) bond motifs is 5.